The normalized spacial score (nSPS) is 14.2. The Hall–Kier alpha value is -3.09. The van der Waals surface area contributed by atoms with Crippen LogP contribution in [0.5, 0.6) is 0 Å². The zero-order chi connectivity index (χ0) is 19.9. The van der Waals surface area contributed by atoms with Crippen LogP contribution in [0.25, 0.3) is 5.65 Å². The summed E-state index contributed by atoms with van der Waals surface area (Å²) in [5, 5.41) is 0. The summed E-state index contributed by atoms with van der Waals surface area (Å²) in [4.78, 5) is 23.1. The van der Waals surface area contributed by atoms with Gasteiger partial charge in [0, 0.05) is 24.7 Å². The first-order valence-electron chi connectivity index (χ1n) is 9.48. The third kappa shape index (κ3) is 4.08. The number of nitrogens with zero attached hydrogens (tertiary/aromatic N) is 4. The van der Waals surface area contributed by atoms with Crippen molar-refractivity contribution in [2.45, 2.75) is 51.7 Å². The van der Waals surface area contributed by atoms with Crippen molar-refractivity contribution in [1.82, 2.24) is 14.4 Å². The predicted octanol–water partition coefficient (Wildman–Crippen LogP) is 4.13. The monoisotopic (exact) mass is 379 g/mol. The molecule has 7 heteroatoms. The molecule has 0 unspecified atom stereocenters. The Labute approximate surface area is 164 Å². The maximum absolute atomic E-state index is 12.8. The van der Waals surface area contributed by atoms with E-state index in [9.17, 15) is 4.79 Å². The van der Waals surface area contributed by atoms with Gasteiger partial charge in [0.15, 0.2) is 0 Å². The van der Waals surface area contributed by atoms with Crippen molar-refractivity contribution in [3.05, 3.63) is 54.1 Å². The molecule has 0 atom stereocenters. The van der Waals surface area contributed by atoms with Crippen LogP contribution in [0, 0.1) is 0 Å². The van der Waals surface area contributed by atoms with Gasteiger partial charge in [-0.25, -0.2) is 14.8 Å². The SMILES string of the molecule is CC(C)(C)OC(=O)N(Cc1cn2cc(C3CC3)ccc2n1)c1ccnc(N)c1. The van der Waals surface area contributed by atoms with E-state index in [1.165, 1.54) is 23.3 Å². The van der Waals surface area contributed by atoms with Gasteiger partial charge in [0.1, 0.15) is 17.1 Å². The van der Waals surface area contributed by atoms with Crippen molar-refractivity contribution in [3.8, 4) is 0 Å². The molecule has 0 saturated heterocycles. The molecule has 3 aromatic heterocycles. The zero-order valence-electron chi connectivity index (χ0n) is 16.4. The van der Waals surface area contributed by atoms with E-state index >= 15 is 0 Å². The average molecular weight is 379 g/mol. The first-order valence-corrected chi connectivity index (χ1v) is 9.48. The maximum Gasteiger partial charge on any atom is 0.415 e. The number of rotatable bonds is 4. The highest BCUT2D eigenvalue weighted by Crippen LogP contribution is 2.39. The zero-order valence-corrected chi connectivity index (χ0v) is 16.4. The number of fused-ring (bicyclic) bond motifs is 1. The van der Waals surface area contributed by atoms with Gasteiger partial charge in [-0.15, -0.1) is 0 Å². The fraction of sp³-hybridized carbons (Fsp3) is 0.381. The lowest BCUT2D eigenvalue weighted by Crippen LogP contribution is -2.36. The Bertz CT molecular complexity index is 1020. The largest absolute Gasteiger partial charge is 0.443 e. The van der Waals surface area contributed by atoms with Crippen molar-refractivity contribution >= 4 is 23.2 Å². The number of ether oxygens (including phenoxy) is 1. The maximum atomic E-state index is 12.8. The summed E-state index contributed by atoms with van der Waals surface area (Å²) in [5.74, 6) is 1.02. The molecule has 4 rings (SSSR count). The lowest BCUT2D eigenvalue weighted by Gasteiger charge is -2.27. The van der Waals surface area contributed by atoms with Gasteiger partial charge < -0.3 is 14.9 Å². The van der Waals surface area contributed by atoms with Crippen LogP contribution in [-0.4, -0.2) is 26.1 Å². The molecule has 3 aromatic rings. The molecule has 0 bridgehead atoms. The minimum Gasteiger partial charge on any atom is -0.443 e. The molecule has 1 amide bonds. The molecule has 146 valence electrons. The molecule has 2 N–H and O–H groups in total. The average Bonchev–Trinajstić information content (AvgIpc) is 3.37. The van der Waals surface area contributed by atoms with E-state index < -0.39 is 11.7 Å². The third-order valence-electron chi connectivity index (χ3n) is 4.58. The highest BCUT2D eigenvalue weighted by atomic mass is 16.6. The van der Waals surface area contributed by atoms with Gasteiger partial charge in [0.05, 0.1) is 17.9 Å². The Kier molecular flexibility index (Phi) is 4.45. The number of nitrogens with two attached hydrogens (primary N) is 1. The van der Waals surface area contributed by atoms with Crippen molar-refractivity contribution in [2.75, 3.05) is 10.6 Å². The summed E-state index contributed by atoms with van der Waals surface area (Å²) >= 11 is 0. The van der Waals surface area contributed by atoms with E-state index in [1.54, 1.807) is 18.3 Å². The second kappa shape index (κ2) is 6.82. The van der Waals surface area contributed by atoms with Crippen LogP contribution in [-0.2, 0) is 11.3 Å². The number of nitrogen functional groups attached to an aromatic ring is 1. The van der Waals surface area contributed by atoms with Gasteiger partial charge >= 0.3 is 6.09 Å². The number of pyridine rings is 2. The van der Waals surface area contributed by atoms with Gasteiger partial charge in [-0.1, -0.05) is 6.07 Å². The summed E-state index contributed by atoms with van der Waals surface area (Å²) < 4.78 is 7.62. The molecular weight excluding hydrogens is 354 g/mol. The summed E-state index contributed by atoms with van der Waals surface area (Å²) in [6.07, 6.45) is 7.72. The van der Waals surface area contributed by atoms with Gasteiger partial charge in [-0.3, -0.25) is 4.90 Å². The van der Waals surface area contributed by atoms with E-state index in [2.05, 4.69) is 22.2 Å². The van der Waals surface area contributed by atoms with Gasteiger partial charge in [0.2, 0.25) is 0 Å². The Balaban J connectivity index is 1.64. The van der Waals surface area contributed by atoms with E-state index in [-0.39, 0.29) is 6.54 Å². The predicted molar refractivity (Wildman–Crippen MR) is 108 cm³/mol. The summed E-state index contributed by atoms with van der Waals surface area (Å²) in [7, 11) is 0. The number of aromatic nitrogens is 3. The first-order chi connectivity index (χ1) is 13.3. The van der Waals surface area contributed by atoms with Gasteiger partial charge in [-0.2, -0.15) is 0 Å². The van der Waals surface area contributed by atoms with E-state index in [0.717, 1.165) is 11.3 Å². The molecule has 28 heavy (non-hydrogen) atoms. The second-order valence-corrected chi connectivity index (χ2v) is 8.24. The molecule has 0 radical (unpaired) electrons. The molecule has 3 heterocycles. The number of hydrogen-bond acceptors (Lipinski definition) is 5. The molecule has 1 aliphatic carbocycles. The number of carbonyl (C=O) groups is 1. The summed E-state index contributed by atoms with van der Waals surface area (Å²) in [5.41, 5.74) is 8.80. The fourth-order valence-corrected chi connectivity index (χ4v) is 3.14. The van der Waals surface area contributed by atoms with Crippen molar-refractivity contribution in [2.24, 2.45) is 0 Å². The number of anilines is 2. The Morgan fingerprint density at radius 1 is 1.29 bits per heavy atom. The van der Waals surface area contributed by atoms with Gasteiger partial charge in [-0.05, 0) is 57.2 Å². The first kappa shape index (κ1) is 18.3. The van der Waals surface area contributed by atoms with Crippen LogP contribution >= 0.6 is 0 Å². The lowest BCUT2D eigenvalue weighted by atomic mass is 10.2. The number of hydrogen-bond donors (Lipinski definition) is 1. The Morgan fingerprint density at radius 3 is 2.75 bits per heavy atom. The van der Waals surface area contributed by atoms with E-state index in [1.807, 2.05) is 37.4 Å². The number of carbonyl (C=O) groups excluding carboxylic acids is 1. The van der Waals surface area contributed by atoms with Crippen LogP contribution < -0.4 is 10.6 Å². The van der Waals surface area contributed by atoms with Crippen LogP contribution in [0.2, 0.25) is 0 Å². The highest BCUT2D eigenvalue weighted by Gasteiger charge is 2.26. The van der Waals surface area contributed by atoms with Crippen LogP contribution in [0.4, 0.5) is 16.3 Å². The second-order valence-electron chi connectivity index (χ2n) is 8.24. The molecular formula is C21H25N5O2. The molecule has 1 aliphatic rings. The highest BCUT2D eigenvalue weighted by molar-refractivity contribution is 5.88. The van der Waals surface area contributed by atoms with Crippen LogP contribution in [0.3, 0.4) is 0 Å². The standard InChI is InChI=1S/C21H25N5O2/c1-21(2,3)28-20(27)26(17-8-9-23-18(22)10-17)13-16-12-25-11-15(14-4-5-14)6-7-19(25)24-16/h6-12,14H,4-5,13H2,1-3H3,(H2,22,23). The van der Waals surface area contributed by atoms with Crippen molar-refractivity contribution in [3.63, 3.8) is 0 Å². The molecule has 0 aromatic carbocycles. The fourth-order valence-electron chi connectivity index (χ4n) is 3.14. The molecule has 0 aliphatic heterocycles. The van der Waals surface area contributed by atoms with Crippen LogP contribution in [0.1, 0.15) is 50.8 Å². The molecule has 1 fully saturated rings. The minimum absolute atomic E-state index is 0.277. The lowest BCUT2D eigenvalue weighted by molar-refractivity contribution is 0.0577. The molecule has 1 saturated carbocycles. The van der Waals surface area contributed by atoms with Gasteiger partial charge in [0.25, 0.3) is 0 Å². The quantitative estimate of drug-likeness (QED) is 0.736. The van der Waals surface area contributed by atoms with Crippen molar-refractivity contribution < 1.29 is 9.53 Å². The number of imidazole rings is 1. The molecule has 0 spiro atoms. The smallest absolute Gasteiger partial charge is 0.415 e. The third-order valence-corrected chi connectivity index (χ3v) is 4.58. The van der Waals surface area contributed by atoms with E-state index in [0.29, 0.717) is 17.4 Å². The Morgan fingerprint density at radius 2 is 2.07 bits per heavy atom. The van der Waals surface area contributed by atoms with E-state index in [4.69, 9.17) is 10.5 Å². The van der Waals surface area contributed by atoms with Crippen LogP contribution in [0.15, 0.2) is 42.9 Å². The summed E-state index contributed by atoms with van der Waals surface area (Å²) in [6.45, 7) is 5.80. The number of amides is 1. The summed E-state index contributed by atoms with van der Waals surface area (Å²) in [6, 6.07) is 7.56. The molecule has 7 nitrogen and oxygen atoms in total. The minimum atomic E-state index is -0.605. The van der Waals surface area contributed by atoms with Crippen molar-refractivity contribution in [1.29, 1.82) is 0 Å². The topological polar surface area (TPSA) is 85.8 Å².